The lowest BCUT2D eigenvalue weighted by Crippen LogP contribution is -2.44. The van der Waals surface area contributed by atoms with Crippen LogP contribution in [0.15, 0.2) is 40.4 Å². The molecule has 1 aromatic carbocycles. The number of hydrogen-bond donors (Lipinski definition) is 0. The van der Waals surface area contributed by atoms with E-state index in [0.717, 1.165) is 44.8 Å². The number of sulfone groups is 1. The number of aryl methyl sites for hydroxylation is 1. The van der Waals surface area contributed by atoms with Crippen molar-refractivity contribution in [1.82, 2.24) is 14.0 Å². The maximum Gasteiger partial charge on any atom is 0.255 e. The monoisotopic (exact) mass is 428 g/mol. The van der Waals surface area contributed by atoms with E-state index in [-0.39, 0.29) is 0 Å². The van der Waals surface area contributed by atoms with Crippen molar-refractivity contribution in [2.45, 2.75) is 53.4 Å². The van der Waals surface area contributed by atoms with Crippen LogP contribution in [-0.4, -0.2) is 61.7 Å². The maximum absolute atomic E-state index is 13.1. The van der Waals surface area contributed by atoms with Gasteiger partial charge in [0.15, 0.2) is 0 Å². The largest absolute Gasteiger partial charge is 0.255 e. The van der Waals surface area contributed by atoms with E-state index in [1.165, 1.54) is 5.41 Å². The Morgan fingerprint density at radius 2 is 1.11 bits per heavy atom. The highest BCUT2D eigenvalue weighted by molar-refractivity contribution is 7.94. The van der Waals surface area contributed by atoms with Gasteiger partial charge in [0, 0.05) is 39.3 Å². The highest BCUT2D eigenvalue weighted by Crippen LogP contribution is 2.68. The zero-order chi connectivity index (χ0) is 21.4. The van der Waals surface area contributed by atoms with E-state index in [9.17, 15) is 8.42 Å². The van der Waals surface area contributed by atoms with Gasteiger partial charge in [0.2, 0.25) is 9.84 Å². The number of benzene rings is 1. The van der Waals surface area contributed by atoms with E-state index in [2.05, 4.69) is 55.6 Å². The van der Waals surface area contributed by atoms with E-state index < -0.39 is 17.6 Å². The first kappa shape index (κ1) is 25.3. The van der Waals surface area contributed by atoms with Gasteiger partial charge in [-0.1, -0.05) is 17.7 Å². The molecule has 0 aromatic heterocycles. The normalized spacial score (nSPS) is 13.4. The molecule has 0 N–H and O–H groups in total. The van der Waals surface area contributed by atoms with Gasteiger partial charge in [0.1, 0.15) is 5.82 Å². The molecule has 0 spiro atoms. The summed E-state index contributed by atoms with van der Waals surface area (Å²) in [6.07, 6.45) is 0. The van der Waals surface area contributed by atoms with Crippen molar-refractivity contribution in [1.29, 1.82) is 0 Å². The van der Waals surface area contributed by atoms with Crippen LogP contribution in [0.1, 0.15) is 47.1 Å². The second-order valence-electron chi connectivity index (χ2n) is 6.67. The minimum absolute atomic E-state index is 0.353. The van der Waals surface area contributed by atoms with Crippen LogP contribution in [0.5, 0.6) is 0 Å². The smallest absolute Gasteiger partial charge is 0.219 e. The van der Waals surface area contributed by atoms with E-state index in [0.29, 0.717) is 4.90 Å². The number of nitrogens with zero attached hydrogens (tertiary/aromatic N) is 3. The first-order valence-electron chi connectivity index (χ1n) is 10.4. The Kier molecular flexibility index (Phi) is 10.3. The van der Waals surface area contributed by atoms with Crippen molar-refractivity contribution in [3.8, 4) is 0 Å². The Bertz CT molecular complexity index is 676. The van der Waals surface area contributed by atoms with Crippen LogP contribution in [0.3, 0.4) is 0 Å². The molecule has 0 saturated heterocycles. The molecule has 160 valence electrons. The van der Waals surface area contributed by atoms with Gasteiger partial charge in [-0.15, -0.1) is 14.0 Å². The Morgan fingerprint density at radius 3 is 1.43 bits per heavy atom. The SMILES string of the molecule is CCN(CC)[P+](/C=C/S(=O)(=O)c1ccc(C)cc1)(N(CC)CC)N(CC)CC. The fourth-order valence-electron chi connectivity index (χ4n) is 3.71. The standard InChI is InChI=1S/C21H39N3O2PS/c1-8-22(9-2)27(23(10-3)11-4,24(12-5)13-6)18-19-28(25,26)21-16-14-20(7)15-17-21/h14-19H,8-13H2,1-7H3/q+1/b19-18+. The second kappa shape index (κ2) is 11.4. The topological polar surface area (TPSA) is 43.9 Å². The number of rotatable bonds is 12. The van der Waals surface area contributed by atoms with Crippen molar-refractivity contribution in [3.63, 3.8) is 0 Å². The predicted molar refractivity (Wildman–Crippen MR) is 123 cm³/mol. The van der Waals surface area contributed by atoms with Crippen molar-refractivity contribution in [2.24, 2.45) is 0 Å². The minimum Gasteiger partial charge on any atom is -0.219 e. The van der Waals surface area contributed by atoms with Crippen LogP contribution >= 0.6 is 7.71 Å². The van der Waals surface area contributed by atoms with Crippen LogP contribution in [0, 0.1) is 6.92 Å². The summed E-state index contributed by atoms with van der Waals surface area (Å²) in [5.41, 5.74) is 1.05. The average molecular weight is 429 g/mol. The molecule has 0 unspecified atom stereocenters. The van der Waals surface area contributed by atoms with Gasteiger partial charge in [-0.3, -0.25) is 0 Å². The van der Waals surface area contributed by atoms with Crippen LogP contribution in [0.4, 0.5) is 0 Å². The maximum atomic E-state index is 13.1. The molecule has 0 radical (unpaired) electrons. The third-order valence-corrected chi connectivity index (χ3v) is 11.6. The summed E-state index contributed by atoms with van der Waals surface area (Å²) in [5.74, 6) is 2.01. The fraction of sp³-hybridized carbons (Fsp3) is 0.619. The fourth-order valence-corrected chi connectivity index (χ4v) is 9.81. The lowest BCUT2D eigenvalue weighted by Gasteiger charge is -2.44. The Balaban J connectivity index is 3.60. The average Bonchev–Trinajstić information content (AvgIpc) is 2.69. The zero-order valence-electron chi connectivity index (χ0n) is 18.7. The van der Waals surface area contributed by atoms with Crippen molar-refractivity contribution in [3.05, 3.63) is 41.1 Å². The molecule has 0 fully saturated rings. The lowest BCUT2D eigenvalue weighted by molar-refractivity contribution is 0.337. The molecular formula is C21H39N3O2PS+. The van der Waals surface area contributed by atoms with Crippen LogP contribution < -0.4 is 0 Å². The van der Waals surface area contributed by atoms with E-state index in [1.807, 2.05) is 24.9 Å². The summed E-state index contributed by atoms with van der Waals surface area (Å²) < 4.78 is 33.5. The van der Waals surface area contributed by atoms with Gasteiger partial charge in [-0.05, 0) is 60.6 Å². The van der Waals surface area contributed by atoms with Crippen LogP contribution in [0.2, 0.25) is 0 Å². The molecule has 0 saturated carbocycles. The molecule has 0 atom stereocenters. The van der Waals surface area contributed by atoms with E-state index in [4.69, 9.17) is 0 Å². The summed E-state index contributed by atoms with van der Waals surface area (Å²) in [6, 6.07) is 7.09. The Hall–Kier alpha value is -0.780. The molecule has 7 heteroatoms. The molecule has 1 rings (SSSR count). The van der Waals surface area contributed by atoms with Gasteiger partial charge in [-0.25, -0.2) is 8.42 Å². The van der Waals surface area contributed by atoms with Crippen molar-refractivity contribution in [2.75, 3.05) is 39.3 Å². The highest BCUT2D eigenvalue weighted by atomic mass is 32.2. The predicted octanol–water partition coefficient (Wildman–Crippen LogP) is 5.03. The number of hydrogen-bond acceptors (Lipinski definition) is 5. The Morgan fingerprint density at radius 1 is 0.750 bits per heavy atom. The highest BCUT2D eigenvalue weighted by Gasteiger charge is 2.52. The zero-order valence-corrected chi connectivity index (χ0v) is 20.4. The van der Waals surface area contributed by atoms with Gasteiger partial charge < -0.3 is 0 Å². The molecule has 5 nitrogen and oxygen atoms in total. The summed E-state index contributed by atoms with van der Waals surface area (Å²) in [6.45, 7) is 20.2. The molecule has 1 aromatic rings. The van der Waals surface area contributed by atoms with Gasteiger partial charge in [-0.2, -0.15) is 0 Å². The summed E-state index contributed by atoms with van der Waals surface area (Å²) >= 11 is 0. The lowest BCUT2D eigenvalue weighted by atomic mass is 10.2. The molecular weight excluding hydrogens is 389 g/mol. The first-order chi connectivity index (χ1) is 13.3. The molecule has 0 aliphatic carbocycles. The molecule has 28 heavy (non-hydrogen) atoms. The molecule has 0 bridgehead atoms. The third-order valence-electron chi connectivity index (χ3n) is 5.23. The van der Waals surface area contributed by atoms with Gasteiger partial charge in [0.05, 0.1) is 10.3 Å². The summed E-state index contributed by atoms with van der Waals surface area (Å²) in [4.78, 5) is 0.353. The van der Waals surface area contributed by atoms with E-state index in [1.54, 1.807) is 12.1 Å². The first-order valence-corrected chi connectivity index (χ1v) is 13.7. The molecule has 0 heterocycles. The van der Waals surface area contributed by atoms with Crippen LogP contribution in [0.25, 0.3) is 0 Å². The van der Waals surface area contributed by atoms with Gasteiger partial charge in [0.25, 0.3) is 7.71 Å². The van der Waals surface area contributed by atoms with Crippen molar-refractivity contribution < 1.29 is 8.42 Å². The van der Waals surface area contributed by atoms with Crippen molar-refractivity contribution >= 4 is 17.6 Å². The third kappa shape index (κ3) is 5.43. The van der Waals surface area contributed by atoms with Crippen LogP contribution in [-0.2, 0) is 9.84 Å². The molecule has 0 aliphatic heterocycles. The Labute approximate surface area is 173 Å². The minimum atomic E-state index is -3.49. The molecule has 0 amide bonds. The summed E-state index contributed by atoms with van der Waals surface area (Å²) in [5, 5.41) is 1.46. The second-order valence-corrected chi connectivity index (χ2v) is 11.7. The van der Waals surface area contributed by atoms with E-state index >= 15 is 0 Å². The molecule has 0 aliphatic rings. The summed E-state index contributed by atoms with van der Waals surface area (Å²) in [7, 11) is -5.61. The quantitative estimate of drug-likeness (QED) is 0.437. The van der Waals surface area contributed by atoms with Gasteiger partial charge >= 0.3 is 0 Å².